The van der Waals surface area contributed by atoms with Gasteiger partial charge in [0.2, 0.25) is 0 Å². The summed E-state index contributed by atoms with van der Waals surface area (Å²) in [5, 5.41) is 12.1. The number of halogens is 2. The molecule has 0 aliphatic heterocycles. The molecule has 3 nitrogen and oxygen atoms in total. The molecule has 0 saturated carbocycles. The summed E-state index contributed by atoms with van der Waals surface area (Å²) in [5.74, 6) is -0.182. The van der Waals surface area contributed by atoms with E-state index in [1.54, 1.807) is 12.1 Å². The molecule has 5 heteroatoms. The first-order chi connectivity index (χ1) is 8.56. The number of phenolic OH excluding ortho intramolecular Hbond substituents is 1. The molecule has 0 bridgehead atoms. The van der Waals surface area contributed by atoms with E-state index in [1.165, 1.54) is 12.1 Å². The summed E-state index contributed by atoms with van der Waals surface area (Å²) >= 11 is 5.56. The fourth-order valence-electron chi connectivity index (χ4n) is 1.43. The second-order valence-electron chi connectivity index (χ2n) is 3.63. The van der Waals surface area contributed by atoms with Gasteiger partial charge in [-0.2, -0.15) is 0 Å². The quantitative estimate of drug-likeness (QED) is 0.725. The summed E-state index contributed by atoms with van der Waals surface area (Å²) in [4.78, 5) is 12.0. The van der Waals surface area contributed by atoms with Crippen LogP contribution in [-0.4, -0.2) is 11.0 Å². The molecular formula is C13H9BrINO2. The van der Waals surface area contributed by atoms with Crippen LogP contribution in [0.15, 0.2) is 46.9 Å². The van der Waals surface area contributed by atoms with E-state index in [-0.39, 0.29) is 11.7 Å². The third kappa shape index (κ3) is 3.23. The van der Waals surface area contributed by atoms with Crippen LogP contribution in [0.2, 0.25) is 0 Å². The largest absolute Gasteiger partial charge is 0.508 e. The number of anilines is 1. The SMILES string of the molecule is O=C(Nc1cc(I)ccc1Br)c1cccc(O)c1. The molecule has 0 unspecified atom stereocenters. The normalized spacial score (nSPS) is 10.1. The first kappa shape index (κ1) is 13.4. The van der Waals surface area contributed by atoms with E-state index in [0.29, 0.717) is 11.3 Å². The highest BCUT2D eigenvalue weighted by molar-refractivity contribution is 14.1. The molecule has 2 aromatic carbocycles. The van der Waals surface area contributed by atoms with Crippen LogP contribution in [-0.2, 0) is 0 Å². The van der Waals surface area contributed by atoms with Gasteiger partial charge in [-0.15, -0.1) is 0 Å². The van der Waals surface area contributed by atoms with Gasteiger partial charge in [-0.1, -0.05) is 6.07 Å². The Labute approximate surface area is 126 Å². The van der Waals surface area contributed by atoms with Gasteiger partial charge in [0.15, 0.2) is 0 Å². The zero-order valence-corrected chi connectivity index (χ0v) is 12.9. The third-order valence-corrected chi connectivity index (χ3v) is 3.65. The molecule has 0 radical (unpaired) electrons. The lowest BCUT2D eigenvalue weighted by Gasteiger charge is -2.08. The second-order valence-corrected chi connectivity index (χ2v) is 5.73. The van der Waals surface area contributed by atoms with E-state index in [0.717, 1.165) is 8.04 Å². The summed E-state index contributed by atoms with van der Waals surface area (Å²) in [6.07, 6.45) is 0. The van der Waals surface area contributed by atoms with Crippen molar-refractivity contribution in [3.8, 4) is 5.75 Å². The van der Waals surface area contributed by atoms with Crippen LogP contribution >= 0.6 is 38.5 Å². The Morgan fingerprint density at radius 3 is 2.72 bits per heavy atom. The summed E-state index contributed by atoms with van der Waals surface area (Å²) in [5.41, 5.74) is 1.12. The molecule has 2 N–H and O–H groups in total. The average molecular weight is 418 g/mol. The maximum Gasteiger partial charge on any atom is 0.255 e. The molecule has 2 aromatic rings. The molecule has 0 spiro atoms. The van der Waals surface area contributed by atoms with E-state index >= 15 is 0 Å². The topological polar surface area (TPSA) is 49.3 Å². The first-order valence-electron chi connectivity index (χ1n) is 5.12. The summed E-state index contributed by atoms with van der Waals surface area (Å²) in [6.45, 7) is 0. The Morgan fingerprint density at radius 2 is 2.00 bits per heavy atom. The molecule has 0 aromatic heterocycles. The van der Waals surface area contributed by atoms with Crippen molar-refractivity contribution in [2.24, 2.45) is 0 Å². The Hall–Kier alpha value is -1.08. The van der Waals surface area contributed by atoms with Gasteiger partial charge in [0.05, 0.1) is 5.69 Å². The highest BCUT2D eigenvalue weighted by Crippen LogP contribution is 2.25. The summed E-state index contributed by atoms with van der Waals surface area (Å²) < 4.78 is 1.85. The van der Waals surface area contributed by atoms with Gasteiger partial charge in [-0.25, -0.2) is 0 Å². The number of aromatic hydroxyl groups is 1. The van der Waals surface area contributed by atoms with E-state index in [4.69, 9.17) is 0 Å². The monoisotopic (exact) mass is 417 g/mol. The van der Waals surface area contributed by atoms with Crippen molar-refractivity contribution in [3.63, 3.8) is 0 Å². The molecule has 0 heterocycles. The molecule has 2 rings (SSSR count). The highest BCUT2D eigenvalue weighted by Gasteiger charge is 2.09. The van der Waals surface area contributed by atoms with Crippen molar-refractivity contribution < 1.29 is 9.90 Å². The molecule has 1 amide bonds. The number of rotatable bonds is 2. The summed E-state index contributed by atoms with van der Waals surface area (Å²) in [6, 6.07) is 11.9. The van der Waals surface area contributed by atoms with E-state index < -0.39 is 0 Å². The molecular weight excluding hydrogens is 409 g/mol. The minimum atomic E-state index is -0.256. The predicted molar refractivity (Wildman–Crippen MR) is 82.9 cm³/mol. The van der Waals surface area contributed by atoms with E-state index in [1.807, 2.05) is 18.2 Å². The lowest BCUT2D eigenvalue weighted by Crippen LogP contribution is -2.12. The van der Waals surface area contributed by atoms with Crippen LogP contribution in [0.5, 0.6) is 5.75 Å². The number of amides is 1. The molecule has 0 saturated heterocycles. The number of benzene rings is 2. The molecule has 92 valence electrons. The van der Waals surface area contributed by atoms with Crippen LogP contribution in [0.3, 0.4) is 0 Å². The smallest absolute Gasteiger partial charge is 0.255 e. The van der Waals surface area contributed by atoms with Crippen LogP contribution in [0.25, 0.3) is 0 Å². The Bertz CT molecular complexity index is 601. The second kappa shape index (κ2) is 5.71. The van der Waals surface area contributed by atoms with Gasteiger partial charge in [-0.05, 0) is 74.9 Å². The fourth-order valence-corrected chi connectivity index (χ4v) is 2.27. The van der Waals surface area contributed by atoms with Gasteiger partial charge in [0.25, 0.3) is 5.91 Å². The Balaban J connectivity index is 2.24. The minimum absolute atomic E-state index is 0.0735. The zero-order chi connectivity index (χ0) is 13.1. The van der Waals surface area contributed by atoms with Crippen molar-refractivity contribution in [2.45, 2.75) is 0 Å². The number of hydrogen-bond donors (Lipinski definition) is 2. The van der Waals surface area contributed by atoms with Gasteiger partial charge in [0, 0.05) is 13.6 Å². The third-order valence-electron chi connectivity index (χ3n) is 2.28. The van der Waals surface area contributed by atoms with Crippen molar-refractivity contribution in [1.82, 2.24) is 0 Å². The molecule has 0 fully saturated rings. The van der Waals surface area contributed by atoms with Crippen molar-refractivity contribution in [3.05, 3.63) is 56.1 Å². The zero-order valence-electron chi connectivity index (χ0n) is 9.15. The van der Waals surface area contributed by atoms with Crippen molar-refractivity contribution in [2.75, 3.05) is 5.32 Å². The molecule has 0 aliphatic rings. The number of phenols is 1. The fraction of sp³-hybridized carbons (Fsp3) is 0. The van der Waals surface area contributed by atoms with Gasteiger partial charge >= 0.3 is 0 Å². The maximum atomic E-state index is 12.0. The predicted octanol–water partition coefficient (Wildman–Crippen LogP) is 4.01. The van der Waals surface area contributed by atoms with E-state index in [2.05, 4.69) is 43.8 Å². The molecule has 0 atom stereocenters. The number of carbonyl (C=O) groups excluding carboxylic acids is 1. The van der Waals surface area contributed by atoms with Crippen LogP contribution in [0.4, 0.5) is 5.69 Å². The lowest BCUT2D eigenvalue weighted by molar-refractivity contribution is 0.102. The molecule has 18 heavy (non-hydrogen) atoms. The van der Waals surface area contributed by atoms with Gasteiger partial charge in [0.1, 0.15) is 5.75 Å². The standard InChI is InChI=1S/C13H9BrINO2/c14-11-5-4-9(15)7-12(11)16-13(18)8-2-1-3-10(17)6-8/h1-7,17H,(H,16,18). The lowest BCUT2D eigenvalue weighted by atomic mass is 10.2. The number of nitrogens with one attached hydrogen (secondary N) is 1. The van der Waals surface area contributed by atoms with Gasteiger partial charge < -0.3 is 10.4 Å². The molecule has 0 aliphatic carbocycles. The average Bonchev–Trinajstić information content (AvgIpc) is 2.34. The van der Waals surface area contributed by atoms with Crippen LogP contribution in [0, 0.1) is 3.57 Å². The Morgan fingerprint density at radius 1 is 1.22 bits per heavy atom. The number of hydrogen-bond acceptors (Lipinski definition) is 2. The van der Waals surface area contributed by atoms with Crippen molar-refractivity contribution >= 4 is 50.1 Å². The van der Waals surface area contributed by atoms with Crippen LogP contribution < -0.4 is 5.32 Å². The Kier molecular flexibility index (Phi) is 4.23. The minimum Gasteiger partial charge on any atom is -0.508 e. The first-order valence-corrected chi connectivity index (χ1v) is 6.99. The number of carbonyl (C=O) groups is 1. The summed E-state index contributed by atoms with van der Waals surface area (Å²) in [7, 11) is 0. The van der Waals surface area contributed by atoms with Crippen LogP contribution in [0.1, 0.15) is 10.4 Å². The van der Waals surface area contributed by atoms with Crippen molar-refractivity contribution in [1.29, 1.82) is 0 Å². The van der Waals surface area contributed by atoms with E-state index in [9.17, 15) is 9.90 Å². The highest BCUT2D eigenvalue weighted by atomic mass is 127. The van der Waals surface area contributed by atoms with Gasteiger partial charge in [-0.3, -0.25) is 4.79 Å². The maximum absolute atomic E-state index is 12.0.